The van der Waals surface area contributed by atoms with E-state index >= 15 is 0 Å². The molecule has 0 unspecified atom stereocenters. The van der Waals surface area contributed by atoms with E-state index in [0.29, 0.717) is 23.6 Å². The van der Waals surface area contributed by atoms with Gasteiger partial charge in [-0.05, 0) is 57.2 Å². The number of hydrogen-bond donors (Lipinski definition) is 1. The van der Waals surface area contributed by atoms with Crippen LogP contribution in [0, 0.1) is 18.7 Å². The Bertz CT molecular complexity index is 699. The Balaban J connectivity index is 1.68. The maximum atomic E-state index is 13.5. The second kappa shape index (κ2) is 5.16. The van der Waals surface area contributed by atoms with Crippen molar-refractivity contribution < 1.29 is 4.39 Å². The molecule has 0 amide bonds. The van der Waals surface area contributed by atoms with Crippen molar-refractivity contribution in [1.29, 1.82) is 0 Å². The van der Waals surface area contributed by atoms with Gasteiger partial charge in [-0.1, -0.05) is 0 Å². The van der Waals surface area contributed by atoms with Crippen molar-refractivity contribution in [2.24, 2.45) is 11.7 Å². The van der Waals surface area contributed by atoms with E-state index in [2.05, 4.69) is 15.9 Å². The SMILES string of the molecule is Cc1nc(-c2cn(C3CC(CN)C3)nc2C2CC2)ccc1F. The summed E-state index contributed by atoms with van der Waals surface area (Å²) in [7, 11) is 0. The molecule has 2 aliphatic rings. The molecule has 0 bridgehead atoms. The van der Waals surface area contributed by atoms with Crippen molar-refractivity contribution in [3.8, 4) is 11.3 Å². The molecule has 2 aromatic rings. The first kappa shape index (κ1) is 13.9. The van der Waals surface area contributed by atoms with E-state index < -0.39 is 0 Å². The summed E-state index contributed by atoms with van der Waals surface area (Å²) in [5, 5.41) is 4.83. The Hall–Kier alpha value is -1.75. The molecule has 0 aliphatic heterocycles. The van der Waals surface area contributed by atoms with E-state index in [1.165, 1.54) is 18.9 Å². The lowest BCUT2D eigenvalue weighted by atomic mass is 9.80. The summed E-state index contributed by atoms with van der Waals surface area (Å²) in [6, 6.07) is 3.72. The standard InChI is InChI=1S/C17H21FN4/c1-10-15(18)4-5-16(20-10)14-9-22(13-6-11(7-13)8-19)21-17(14)12-2-3-12/h4-5,9,11-13H,2-3,6-8,19H2,1H3. The normalized spacial score (nSPS) is 24.3. The number of halogens is 1. The summed E-state index contributed by atoms with van der Waals surface area (Å²) in [4.78, 5) is 4.41. The molecule has 2 N–H and O–H groups in total. The van der Waals surface area contributed by atoms with Gasteiger partial charge in [0.25, 0.3) is 0 Å². The quantitative estimate of drug-likeness (QED) is 0.943. The molecule has 2 fully saturated rings. The molecular formula is C17H21FN4. The number of aromatic nitrogens is 3. The van der Waals surface area contributed by atoms with Crippen LogP contribution in [0.2, 0.25) is 0 Å². The highest BCUT2D eigenvalue weighted by atomic mass is 19.1. The molecule has 0 aromatic carbocycles. The number of aryl methyl sites for hydroxylation is 1. The maximum Gasteiger partial charge on any atom is 0.144 e. The fourth-order valence-electron chi connectivity index (χ4n) is 3.25. The highest BCUT2D eigenvalue weighted by Crippen LogP contribution is 2.45. The fourth-order valence-corrected chi connectivity index (χ4v) is 3.25. The molecule has 2 saturated carbocycles. The second-order valence-corrected chi connectivity index (χ2v) is 6.67. The van der Waals surface area contributed by atoms with Crippen LogP contribution in [0.25, 0.3) is 11.3 Å². The third kappa shape index (κ3) is 2.33. The summed E-state index contributed by atoms with van der Waals surface area (Å²) < 4.78 is 15.6. The predicted molar refractivity (Wildman–Crippen MR) is 82.9 cm³/mol. The monoisotopic (exact) mass is 300 g/mol. The zero-order valence-corrected chi connectivity index (χ0v) is 12.8. The van der Waals surface area contributed by atoms with E-state index in [1.807, 2.05) is 0 Å². The van der Waals surface area contributed by atoms with Crippen molar-refractivity contribution in [1.82, 2.24) is 14.8 Å². The topological polar surface area (TPSA) is 56.7 Å². The van der Waals surface area contributed by atoms with Crippen LogP contribution >= 0.6 is 0 Å². The van der Waals surface area contributed by atoms with Crippen molar-refractivity contribution in [3.63, 3.8) is 0 Å². The maximum absolute atomic E-state index is 13.5. The molecule has 4 rings (SSSR count). The number of hydrogen-bond acceptors (Lipinski definition) is 3. The molecular weight excluding hydrogens is 279 g/mol. The van der Waals surface area contributed by atoms with E-state index in [4.69, 9.17) is 10.8 Å². The number of nitrogens with zero attached hydrogens (tertiary/aromatic N) is 3. The molecule has 4 nitrogen and oxygen atoms in total. The van der Waals surface area contributed by atoms with Crippen molar-refractivity contribution in [2.75, 3.05) is 6.54 Å². The number of pyridine rings is 1. The minimum atomic E-state index is -0.256. The average Bonchev–Trinajstić information content (AvgIpc) is 3.21. The molecule has 5 heteroatoms. The predicted octanol–water partition coefficient (Wildman–Crippen LogP) is 3.18. The average molecular weight is 300 g/mol. The van der Waals surface area contributed by atoms with Crippen LogP contribution in [-0.2, 0) is 0 Å². The Morgan fingerprint density at radius 2 is 2.09 bits per heavy atom. The van der Waals surface area contributed by atoms with E-state index in [0.717, 1.165) is 36.3 Å². The molecule has 0 saturated heterocycles. The minimum absolute atomic E-state index is 0.256. The highest BCUT2D eigenvalue weighted by Gasteiger charge is 2.34. The van der Waals surface area contributed by atoms with Gasteiger partial charge >= 0.3 is 0 Å². The summed E-state index contributed by atoms with van der Waals surface area (Å²) in [5.41, 5.74) is 9.20. The highest BCUT2D eigenvalue weighted by molar-refractivity contribution is 5.63. The Labute approximate surface area is 129 Å². The Morgan fingerprint density at radius 3 is 2.73 bits per heavy atom. The van der Waals surface area contributed by atoms with Crippen molar-refractivity contribution in [3.05, 3.63) is 35.5 Å². The first-order valence-corrected chi connectivity index (χ1v) is 8.08. The van der Waals surface area contributed by atoms with Gasteiger partial charge in [0.15, 0.2) is 0 Å². The molecule has 2 aromatic heterocycles. The van der Waals surface area contributed by atoms with Gasteiger partial charge in [0.2, 0.25) is 0 Å². The molecule has 0 atom stereocenters. The van der Waals surface area contributed by atoms with Gasteiger partial charge in [0.05, 0.1) is 23.1 Å². The van der Waals surface area contributed by atoms with Gasteiger partial charge in [-0.25, -0.2) is 9.37 Å². The van der Waals surface area contributed by atoms with Gasteiger partial charge in [0.1, 0.15) is 5.82 Å². The first-order valence-electron chi connectivity index (χ1n) is 8.08. The van der Waals surface area contributed by atoms with E-state index in [-0.39, 0.29) is 5.82 Å². The van der Waals surface area contributed by atoms with Crippen LogP contribution in [0.3, 0.4) is 0 Å². The van der Waals surface area contributed by atoms with Gasteiger partial charge in [-0.2, -0.15) is 5.10 Å². The third-order valence-corrected chi connectivity index (χ3v) is 4.94. The summed E-state index contributed by atoms with van der Waals surface area (Å²) in [6.07, 6.45) is 6.71. The lowest BCUT2D eigenvalue weighted by Gasteiger charge is -2.34. The van der Waals surface area contributed by atoms with E-state index in [1.54, 1.807) is 13.0 Å². The molecule has 22 heavy (non-hydrogen) atoms. The van der Waals surface area contributed by atoms with Gasteiger partial charge in [-0.15, -0.1) is 0 Å². The Morgan fingerprint density at radius 1 is 1.32 bits per heavy atom. The first-order chi connectivity index (χ1) is 10.7. The van der Waals surface area contributed by atoms with Crippen LogP contribution in [0.4, 0.5) is 4.39 Å². The van der Waals surface area contributed by atoms with Gasteiger partial charge in [0, 0.05) is 17.7 Å². The van der Waals surface area contributed by atoms with Crippen LogP contribution in [0.5, 0.6) is 0 Å². The zero-order chi connectivity index (χ0) is 15.3. The van der Waals surface area contributed by atoms with Crippen molar-refractivity contribution >= 4 is 0 Å². The Kier molecular flexibility index (Phi) is 3.26. The van der Waals surface area contributed by atoms with Gasteiger partial charge < -0.3 is 5.73 Å². The lowest BCUT2D eigenvalue weighted by Crippen LogP contribution is -2.32. The summed E-state index contributed by atoms with van der Waals surface area (Å²) in [5.74, 6) is 0.927. The lowest BCUT2D eigenvalue weighted by molar-refractivity contribution is 0.189. The number of rotatable bonds is 4. The van der Waals surface area contributed by atoms with E-state index in [9.17, 15) is 4.39 Å². The second-order valence-electron chi connectivity index (χ2n) is 6.67. The molecule has 0 radical (unpaired) electrons. The minimum Gasteiger partial charge on any atom is -0.330 e. The van der Waals surface area contributed by atoms with Crippen LogP contribution in [0.15, 0.2) is 18.3 Å². The molecule has 2 heterocycles. The van der Waals surface area contributed by atoms with Gasteiger partial charge in [-0.3, -0.25) is 4.68 Å². The third-order valence-electron chi connectivity index (χ3n) is 4.94. The van der Waals surface area contributed by atoms with Crippen molar-refractivity contribution in [2.45, 2.75) is 44.6 Å². The van der Waals surface area contributed by atoms with Crippen LogP contribution < -0.4 is 5.73 Å². The largest absolute Gasteiger partial charge is 0.330 e. The molecule has 0 spiro atoms. The zero-order valence-electron chi connectivity index (χ0n) is 12.8. The number of nitrogens with two attached hydrogens (primary N) is 1. The van der Waals surface area contributed by atoms with Crippen LogP contribution in [0.1, 0.15) is 49.0 Å². The van der Waals surface area contributed by atoms with Crippen LogP contribution in [-0.4, -0.2) is 21.3 Å². The summed E-state index contributed by atoms with van der Waals surface area (Å²) in [6.45, 7) is 2.47. The summed E-state index contributed by atoms with van der Waals surface area (Å²) >= 11 is 0. The molecule has 2 aliphatic carbocycles. The smallest absolute Gasteiger partial charge is 0.144 e. The molecule has 116 valence electrons. The fraction of sp³-hybridized carbons (Fsp3) is 0.529.